The monoisotopic (exact) mass is 465 g/mol. The molecule has 1 aliphatic heterocycles. The van der Waals surface area contributed by atoms with Crippen molar-refractivity contribution in [3.63, 3.8) is 0 Å². The first-order valence-electron chi connectivity index (χ1n) is 11.4. The summed E-state index contributed by atoms with van der Waals surface area (Å²) in [5.41, 5.74) is 8.62. The SMILES string of the molecule is C=CC(=O)N1CCC[C@@H](n2nc(-c3ccc4cn(-c5ncccn5)cc4c3)c3c(N)ncnc32)C1. The maximum Gasteiger partial charge on any atom is 0.246 e. The molecule has 0 saturated carbocycles. The Labute approximate surface area is 200 Å². The van der Waals surface area contributed by atoms with Gasteiger partial charge < -0.3 is 10.6 Å². The van der Waals surface area contributed by atoms with Gasteiger partial charge in [0.15, 0.2) is 5.65 Å². The molecule has 6 rings (SSSR count). The Morgan fingerprint density at radius 3 is 2.77 bits per heavy atom. The molecule has 1 saturated heterocycles. The number of benzene rings is 1. The van der Waals surface area contributed by atoms with Gasteiger partial charge in [-0.05, 0) is 36.4 Å². The second-order valence-electron chi connectivity index (χ2n) is 8.59. The smallest absolute Gasteiger partial charge is 0.246 e. The Bertz CT molecular complexity index is 1570. The summed E-state index contributed by atoms with van der Waals surface area (Å²) in [6, 6.07) is 7.91. The van der Waals surface area contributed by atoms with Crippen LogP contribution in [0.15, 0.2) is 68.0 Å². The number of amides is 1. The van der Waals surface area contributed by atoms with Crippen molar-refractivity contribution in [1.82, 2.24) is 39.2 Å². The van der Waals surface area contributed by atoms with Crippen molar-refractivity contribution in [2.45, 2.75) is 18.9 Å². The number of nitrogens with zero attached hydrogens (tertiary/aromatic N) is 8. The molecule has 0 bridgehead atoms. The molecule has 174 valence electrons. The van der Waals surface area contributed by atoms with E-state index in [-0.39, 0.29) is 11.9 Å². The van der Waals surface area contributed by atoms with Gasteiger partial charge in [0.2, 0.25) is 11.9 Å². The number of rotatable bonds is 4. The van der Waals surface area contributed by atoms with Gasteiger partial charge in [-0.2, -0.15) is 5.10 Å². The van der Waals surface area contributed by atoms with E-state index in [0.29, 0.717) is 35.9 Å². The van der Waals surface area contributed by atoms with E-state index in [2.05, 4.69) is 32.6 Å². The number of carbonyl (C=O) groups is 1. The lowest BCUT2D eigenvalue weighted by molar-refractivity contribution is -0.127. The van der Waals surface area contributed by atoms with E-state index < -0.39 is 0 Å². The standard InChI is InChI=1S/C25H23N9O/c1-2-20(35)32-10-3-5-19(14-32)34-24-21(23(26)29-15-30-24)22(31-34)16-6-7-17-12-33(13-18(17)11-16)25-27-8-4-9-28-25/h2,4,6-9,11-13,15,19H,1,3,5,10,14H2,(H2,26,29,30)/t19-/m1/s1. The summed E-state index contributed by atoms with van der Waals surface area (Å²) >= 11 is 0. The molecule has 1 fully saturated rings. The minimum absolute atomic E-state index is 0.0155. The van der Waals surface area contributed by atoms with Gasteiger partial charge in [-0.3, -0.25) is 9.36 Å². The highest BCUT2D eigenvalue weighted by molar-refractivity contribution is 6.00. The minimum atomic E-state index is -0.0714. The molecule has 0 aliphatic carbocycles. The third-order valence-corrected chi connectivity index (χ3v) is 6.45. The fourth-order valence-electron chi connectivity index (χ4n) is 4.76. The highest BCUT2D eigenvalue weighted by Gasteiger charge is 2.28. The number of aromatic nitrogens is 7. The molecule has 10 nitrogen and oxygen atoms in total. The Hall–Kier alpha value is -4.60. The Morgan fingerprint density at radius 2 is 1.94 bits per heavy atom. The second-order valence-corrected chi connectivity index (χ2v) is 8.59. The van der Waals surface area contributed by atoms with Gasteiger partial charge in [0, 0.05) is 48.8 Å². The molecule has 0 unspecified atom stereocenters. The second kappa shape index (κ2) is 8.32. The van der Waals surface area contributed by atoms with E-state index in [9.17, 15) is 4.79 Å². The maximum atomic E-state index is 12.2. The highest BCUT2D eigenvalue weighted by Crippen LogP contribution is 2.35. The predicted octanol–water partition coefficient (Wildman–Crippen LogP) is 3.16. The zero-order valence-electron chi connectivity index (χ0n) is 18.9. The number of piperidine rings is 1. The van der Waals surface area contributed by atoms with Crippen LogP contribution in [0.2, 0.25) is 0 Å². The van der Waals surface area contributed by atoms with Gasteiger partial charge in [0.05, 0.1) is 11.4 Å². The van der Waals surface area contributed by atoms with Crippen LogP contribution >= 0.6 is 0 Å². The lowest BCUT2D eigenvalue weighted by Crippen LogP contribution is -2.40. The average Bonchev–Trinajstić information content (AvgIpc) is 3.51. The van der Waals surface area contributed by atoms with Gasteiger partial charge in [0.25, 0.3) is 0 Å². The van der Waals surface area contributed by atoms with Gasteiger partial charge in [-0.1, -0.05) is 18.7 Å². The minimum Gasteiger partial charge on any atom is -0.383 e. The lowest BCUT2D eigenvalue weighted by Gasteiger charge is -2.32. The largest absolute Gasteiger partial charge is 0.383 e. The topological polar surface area (TPSA) is 121 Å². The summed E-state index contributed by atoms with van der Waals surface area (Å²) in [5.74, 6) is 0.910. The van der Waals surface area contributed by atoms with Crippen LogP contribution in [0.5, 0.6) is 0 Å². The van der Waals surface area contributed by atoms with Crippen molar-refractivity contribution >= 4 is 33.5 Å². The first kappa shape index (κ1) is 21.0. The molecule has 4 aromatic heterocycles. The van der Waals surface area contributed by atoms with Gasteiger partial charge in [-0.15, -0.1) is 0 Å². The van der Waals surface area contributed by atoms with Gasteiger partial charge in [-0.25, -0.2) is 24.6 Å². The predicted molar refractivity (Wildman–Crippen MR) is 133 cm³/mol. The van der Waals surface area contributed by atoms with Crippen molar-refractivity contribution < 1.29 is 4.79 Å². The molecule has 2 N–H and O–H groups in total. The molecule has 0 spiro atoms. The van der Waals surface area contributed by atoms with Crippen molar-refractivity contribution in [3.8, 4) is 17.2 Å². The zero-order chi connectivity index (χ0) is 23.9. The summed E-state index contributed by atoms with van der Waals surface area (Å²) < 4.78 is 3.80. The van der Waals surface area contributed by atoms with Gasteiger partial charge >= 0.3 is 0 Å². The van der Waals surface area contributed by atoms with Gasteiger partial charge in [0.1, 0.15) is 17.8 Å². The average molecular weight is 466 g/mol. The number of fused-ring (bicyclic) bond motifs is 2. The first-order valence-corrected chi connectivity index (χ1v) is 11.4. The molecule has 1 amide bonds. The molecular weight excluding hydrogens is 442 g/mol. The summed E-state index contributed by atoms with van der Waals surface area (Å²) in [7, 11) is 0. The van der Waals surface area contributed by atoms with Crippen molar-refractivity contribution in [1.29, 1.82) is 0 Å². The molecule has 0 radical (unpaired) electrons. The number of likely N-dealkylation sites (tertiary alicyclic amines) is 1. The van der Waals surface area contributed by atoms with Crippen LogP contribution < -0.4 is 5.73 Å². The van der Waals surface area contributed by atoms with Crippen molar-refractivity contribution in [3.05, 3.63) is 68.0 Å². The van der Waals surface area contributed by atoms with E-state index in [1.54, 1.807) is 23.4 Å². The number of hydrogen-bond acceptors (Lipinski definition) is 7. The first-order chi connectivity index (χ1) is 17.1. The van der Waals surface area contributed by atoms with E-state index in [4.69, 9.17) is 10.8 Å². The Morgan fingerprint density at radius 1 is 1.11 bits per heavy atom. The molecule has 5 aromatic rings. The summed E-state index contributed by atoms with van der Waals surface area (Å²) in [6.07, 6.45) is 12.0. The van der Waals surface area contributed by atoms with Crippen molar-refractivity contribution in [2.24, 2.45) is 0 Å². The molecule has 1 aliphatic rings. The molecule has 10 heteroatoms. The third-order valence-electron chi connectivity index (χ3n) is 6.45. The zero-order valence-corrected chi connectivity index (χ0v) is 18.9. The van der Waals surface area contributed by atoms with E-state index in [1.165, 1.54) is 12.4 Å². The van der Waals surface area contributed by atoms with E-state index in [1.807, 2.05) is 33.8 Å². The van der Waals surface area contributed by atoms with Crippen LogP contribution in [0.25, 0.3) is 39.0 Å². The van der Waals surface area contributed by atoms with Crippen LogP contribution in [-0.2, 0) is 4.79 Å². The normalized spacial score (nSPS) is 16.1. The summed E-state index contributed by atoms with van der Waals surface area (Å²) in [4.78, 5) is 31.4. The van der Waals surface area contributed by atoms with Crippen molar-refractivity contribution in [2.75, 3.05) is 18.8 Å². The maximum absolute atomic E-state index is 12.2. The Kier molecular flexibility index (Phi) is 4.98. The number of carbonyl (C=O) groups excluding carboxylic acids is 1. The lowest BCUT2D eigenvalue weighted by atomic mass is 10.1. The third kappa shape index (κ3) is 3.59. The summed E-state index contributed by atoms with van der Waals surface area (Å²) in [5, 5.41) is 7.76. The van der Waals surface area contributed by atoms with E-state index >= 15 is 0 Å². The molecule has 1 aromatic carbocycles. The number of nitrogen functional groups attached to an aromatic ring is 1. The number of hydrogen-bond donors (Lipinski definition) is 1. The molecule has 1 atom stereocenters. The fourth-order valence-corrected chi connectivity index (χ4v) is 4.76. The highest BCUT2D eigenvalue weighted by atomic mass is 16.2. The fraction of sp³-hybridized carbons (Fsp3) is 0.200. The van der Waals surface area contributed by atoms with Crippen LogP contribution in [-0.4, -0.2) is 58.2 Å². The van der Waals surface area contributed by atoms with Crippen LogP contribution in [0.1, 0.15) is 18.9 Å². The van der Waals surface area contributed by atoms with E-state index in [0.717, 1.165) is 34.9 Å². The molecule has 5 heterocycles. The van der Waals surface area contributed by atoms with Crippen LogP contribution in [0.3, 0.4) is 0 Å². The molecule has 35 heavy (non-hydrogen) atoms. The quantitative estimate of drug-likeness (QED) is 0.405. The van der Waals surface area contributed by atoms with Crippen LogP contribution in [0.4, 0.5) is 5.82 Å². The Balaban J connectivity index is 1.45. The number of anilines is 1. The summed E-state index contributed by atoms with van der Waals surface area (Å²) in [6.45, 7) is 4.88. The number of nitrogens with two attached hydrogens (primary N) is 1. The van der Waals surface area contributed by atoms with Crippen LogP contribution in [0, 0.1) is 0 Å². The molecular formula is C25H23N9O.